The molecule has 3 aromatic rings. The molecule has 2 aromatic carbocycles. The average molecular weight is 426 g/mol. The van der Waals surface area contributed by atoms with Gasteiger partial charge in [0.25, 0.3) is 0 Å². The fraction of sp³-hybridized carbons (Fsp3) is 0.333. The fourth-order valence-electron chi connectivity index (χ4n) is 4.45. The van der Waals surface area contributed by atoms with E-state index in [9.17, 15) is 18.0 Å². The molecular formula is C21H22N4O4S. The maximum Gasteiger partial charge on any atom is 0.326 e. The molecule has 2 aliphatic rings. The van der Waals surface area contributed by atoms with E-state index in [0.29, 0.717) is 44.5 Å². The van der Waals surface area contributed by atoms with Crippen molar-refractivity contribution in [2.75, 3.05) is 18.4 Å². The standard InChI is InChI=1S/C21H22N4O4S/c26-20-8-5-14-13-16(6-7-17(14)22-20)30(28,29)24-11-9-15(10-12-24)25-19-4-2-1-3-18(19)23-21(25)27/h1-4,6-7,13,15H,5,8-12H2,(H,22,26)(H,23,27). The molecule has 1 amide bonds. The molecule has 1 saturated heterocycles. The van der Waals surface area contributed by atoms with Crippen molar-refractivity contribution in [3.63, 3.8) is 0 Å². The number of para-hydroxylation sites is 2. The molecule has 0 radical (unpaired) electrons. The summed E-state index contributed by atoms with van der Waals surface area (Å²) < 4.78 is 29.6. The summed E-state index contributed by atoms with van der Waals surface area (Å²) in [6.45, 7) is 0.708. The Morgan fingerprint density at radius 3 is 2.53 bits per heavy atom. The van der Waals surface area contributed by atoms with Crippen molar-refractivity contribution < 1.29 is 13.2 Å². The number of nitrogens with one attached hydrogen (secondary N) is 2. The van der Waals surface area contributed by atoms with Crippen LogP contribution >= 0.6 is 0 Å². The molecule has 8 nitrogen and oxygen atoms in total. The van der Waals surface area contributed by atoms with Crippen LogP contribution in [0.15, 0.2) is 52.2 Å². The lowest BCUT2D eigenvalue weighted by molar-refractivity contribution is -0.116. The minimum absolute atomic E-state index is 0.0427. The number of benzene rings is 2. The van der Waals surface area contributed by atoms with Crippen LogP contribution in [0.5, 0.6) is 0 Å². The maximum atomic E-state index is 13.2. The number of aromatic nitrogens is 2. The van der Waals surface area contributed by atoms with E-state index in [1.165, 1.54) is 4.31 Å². The number of fused-ring (bicyclic) bond motifs is 2. The normalized spacial score (nSPS) is 18.3. The zero-order valence-corrected chi connectivity index (χ0v) is 17.1. The van der Waals surface area contributed by atoms with Gasteiger partial charge in [0.15, 0.2) is 0 Å². The molecule has 2 N–H and O–H groups in total. The quantitative estimate of drug-likeness (QED) is 0.670. The van der Waals surface area contributed by atoms with Crippen molar-refractivity contribution in [3.05, 3.63) is 58.5 Å². The molecule has 0 aliphatic carbocycles. The number of hydrogen-bond acceptors (Lipinski definition) is 4. The lowest BCUT2D eigenvalue weighted by atomic mass is 10.0. The first kappa shape index (κ1) is 19.1. The summed E-state index contributed by atoms with van der Waals surface area (Å²) in [5.41, 5.74) is 3.01. The summed E-state index contributed by atoms with van der Waals surface area (Å²) in [6, 6.07) is 12.4. The highest BCUT2D eigenvalue weighted by atomic mass is 32.2. The second-order valence-corrected chi connectivity index (χ2v) is 9.76. The third kappa shape index (κ3) is 3.14. The van der Waals surface area contributed by atoms with Gasteiger partial charge in [-0.15, -0.1) is 0 Å². The van der Waals surface area contributed by atoms with E-state index in [-0.39, 0.29) is 22.5 Å². The number of piperidine rings is 1. The Balaban J connectivity index is 1.37. The number of aryl methyl sites for hydroxylation is 1. The number of imidazole rings is 1. The molecule has 1 fully saturated rings. The van der Waals surface area contributed by atoms with Gasteiger partial charge in [0.1, 0.15) is 0 Å². The van der Waals surface area contributed by atoms with Crippen LogP contribution in [0.2, 0.25) is 0 Å². The van der Waals surface area contributed by atoms with Crippen LogP contribution in [-0.4, -0.2) is 41.3 Å². The largest absolute Gasteiger partial charge is 0.326 e. The fourth-order valence-corrected chi connectivity index (χ4v) is 5.97. The lowest BCUT2D eigenvalue weighted by Gasteiger charge is -2.32. The Hall–Kier alpha value is -2.91. The minimum atomic E-state index is -3.63. The van der Waals surface area contributed by atoms with Crippen LogP contribution in [0, 0.1) is 0 Å². The maximum absolute atomic E-state index is 13.2. The van der Waals surface area contributed by atoms with E-state index in [4.69, 9.17) is 0 Å². The number of sulfonamides is 1. The molecule has 9 heteroatoms. The Morgan fingerprint density at radius 2 is 1.73 bits per heavy atom. The highest BCUT2D eigenvalue weighted by Gasteiger charge is 2.32. The van der Waals surface area contributed by atoms with Crippen molar-refractivity contribution in [1.29, 1.82) is 0 Å². The molecule has 0 saturated carbocycles. The summed E-state index contributed by atoms with van der Waals surface area (Å²) in [5.74, 6) is -0.0484. The predicted molar refractivity (Wildman–Crippen MR) is 113 cm³/mol. The average Bonchev–Trinajstić information content (AvgIpc) is 3.09. The van der Waals surface area contributed by atoms with Gasteiger partial charge in [-0.2, -0.15) is 4.31 Å². The van der Waals surface area contributed by atoms with E-state index in [1.54, 1.807) is 22.8 Å². The van der Waals surface area contributed by atoms with E-state index >= 15 is 0 Å². The van der Waals surface area contributed by atoms with Crippen LogP contribution < -0.4 is 11.0 Å². The third-order valence-electron chi connectivity index (χ3n) is 6.02. The topological polar surface area (TPSA) is 104 Å². The molecule has 3 heterocycles. The highest BCUT2D eigenvalue weighted by molar-refractivity contribution is 7.89. The van der Waals surface area contributed by atoms with Gasteiger partial charge >= 0.3 is 5.69 Å². The third-order valence-corrected chi connectivity index (χ3v) is 7.92. The van der Waals surface area contributed by atoms with Crippen molar-refractivity contribution >= 4 is 32.7 Å². The zero-order chi connectivity index (χ0) is 20.9. The summed E-state index contributed by atoms with van der Waals surface area (Å²) in [4.78, 5) is 27.1. The summed E-state index contributed by atoms with van der Waals surface area (Å²) in [7, 11) is -3.63. The SMILES string of the molecule is O=C1CCc2cc(S(=O)(=O)N3CCC(n4c(=O)[nH]c5ccccc54)CC3)ccc2N1. The molecule has 2 aliphatic heterocycles. The Morgan fingerprint density at radius 1 is 0.967 bits per heavy atom. The van der Waals surface area contributed by atoms with Gasteiger partial charge in [0.05, 0.1) is 15.9 Å². The van der Waals surface area contributed by atoms with Gasteiger partial charge in [0.2, 0.25) is 15.9 Å². The van der Waals surface area contributed by atoms with E-state index in [0.717, 1.165) is 16.6 Å². The molecular weight excluding hydrogens is 404 g/mol. The van der Waals surface area contributed by atoms with Gasteiger partial charge in [-0.1, -0.05) is 12.1 Å². The van der Waals surface area contributed by atoms with E-state index < -0.39 is 10.0 Å². The van der Waals surface area contributed by atoms with Crippen LogP contribution in [0.4, 0.5) is 5.69 Å². The van der Waals surface area contributed by atoms with Crippen molar-refractivity contribution in [1.82, 2.24) is 13.9 Å². The van der Waals surface area contributed by atoms with Gasteiger partial charge in [-0.25, -0.2) is 13.2 Å². The van der Waals surface area contributed by atoms with Crippen molar-refractivity contribution in [2.24, 2.45) is 0 Å². The number of carbonyl (C=O) groups excluding carboxylic acids is 1. The van der Waals surface area contributed by atoms with Gasteiger partial charge < -0.3 is 10.3 Å². The Kier molecular flexibility index (Phi) is 4.52. The highest BCUT2D eigenvalue weighted by Crippen LogP contribution is 2.31. The molecule has 30 heavy (non-hydrogen) atoms. The van der Waals surface area contributed by atoms with Crippen molar-refractivity contribution in [2.45, 2.75) is 36.6 Å². The van der Waals surface area contributed by atoms with Crippen LogP contribution in [0.25, 0.3) is 11.0 Å². The van der Waals surface area contributed by atoms with Gasteiger partial charge in [-0.3, -0.25) is 9.36 Å². The molecule has 5 rings (SSSR count). The van der Waals surface area contributed by atoms with Gasteiger partial charge in [-0.05, 0) is 55.2 Å². The van der Waals surface area contributed by atoms with Crippen molar-refractivity contribution in [3.8, 4) is 0 Å². The number of carbonyl (C=O) groups is 1. The van der Waals surface area contributed by atoms with E-state index in [2.05, 4.69) is 10.3 Å². The molecule has 0 bridgehead atoms. The zero-order valence-electron chi connectivity index (χ0n) is 16.3. The molecule has 0 unspecified atom stereocenters. The Bertz CT molecular complexity index is 1300. The van der Waals surface area contributed by atoms with Crippen LogP contribution in [-0.2, 0) is 21.2 Å². The first-order valence-electron chi connectivity index (χ1n) is 10.1. The molecule has 0 spiro atoms. The number of H-pyrrole nitrogens is 1. The summed E-state index contributed by atoms with van der Waals surface area (Å²) in [5, 5.41) is 2.78. The first-order chi connectivity index (χ1) is 14.4. The predicted octanol–water partition coefficient (Wildman–Crippen LogP) is 2.24. The summed E-state index contributed by atoms with van der Waals surface area (Å²) >= 11 is 0. The number of aromatic amines is 1. The van der Waals surface area contributed by atoms with Crippen LogP contribution in [0.1, 0.15) is 30.9 Å². The molecule has 156 valence electrons. The second kappa shape index (κ2) is 7.10. The lowest BCUT2D eigenvalue weighted by Crippen LogP contribution is -2.40. The second-order valence-electron chi connectivity index (χ2n) is 7.82. The molecule has 1 aromatic heterocycles. The monoisotopic (exact) mass is 426 g/mol. The summed E-state index contributed by atoms with van der Waals surface area (Å²) in [6.07, 6.45) is 2.04. The van der Waals surface area contributed by atoms with E-state index in [1.807, 2.05) is 24.3 Å². The minimum Gasteiger partial charge on any atom is -0.326 e. The van der Waals surface area contributed by atoms with Crippen LogP contribution in [0.3, 0.4) is 0 Å². The number of amides is 1. The first-order valence-corrected chi connectivity index (χ1v) is 11.5. The van der Waals surface area contributed by atoms with Gasteiger partial charge in [0, 0.05) is 31.2 Å². The number of rotatable bonds is 3. The smallest absolute Gasteiger partial charge is 0.326 e. The Labute approximate surface area is 173 Å². The number of nitrogens with zero attached hydrogens (tertiary/aromatic N) is 2. The number of anilines is 1. The number of hydrogen-bond donors (Lipinski definition) is 2. The molecule has 0 atom stereocenters.